The summed E-state index contributed by atoms with van der Waals surface area (Å²) in [5, 5.41) is 16.1. The quantitative estimate of drug-likeness (QED) is 0.0254. The summed E-state index contributed by atoms with van der Waals surface area (Å²) in [4.78, 5) is 25.5. The molecule has 6 N–H and O–H groups in total. The Hall–Kier alpha value is -1.79. The predicted octanol–water partition coefficient (Wildman–Crippen LogP) is 11.0. The minimum atomic E-state index is -0.596. The molecule has 0 radical (unpaired) electrons. The Bertz CT molecular complexity index is 717. The Morgan fingerprint density at radius 2 is 0.812 bits per heavy atom. The Morgan fingerprint density at radius 3 is 1.17 bits per heavy atom. The third kappa shape index (κ3) is 35.5. The van der Waals surface area contributed by atoms with Crippen LogP contribution in [0.25, 0.3) is 0 Å². The van der Waals surface area contributed by atoms with Gasteiger partial charge in [0.2, 0.25) is 11.8 Å². The van der Waals surface area contributed by atoms with Gasteiger partial charge in [-0.05, 0) is 19.3 Å². The highest BCUT2D eigenvalue weighted by Gasteiger charge is 2.20. The van der Waals surface area contributed by atoms with Crippen molar-refractivity contribution >= 4 is 17.8 Å². The molecule has 0 bridgehead atoms. The van der Waals surface area contributed by atoms with Crippen molar-refractivity contribution in [1.29, 1.82) is 5.41 Å². The number of carbonyl (C=O) groups is 2. The Kier molecular flexibility index (Phi) is 36.6. The van der Waals surface area contributed by atoms with Gasteiger partial charge >= 0.3 is 0 Å². The maximum Gasteiger partial charge on any atom is 0.242 e. The van der Waals surface area contributed by atoms with Crippen LogP contribution in [-0.2, 0) is 9.59 Å². The first-order valence-electron chi connectivity index (χ1n) is 21.2. The Balaban J connectivity index is 3.86. The first-order chi connectivity index (χ1) is 23.5. The van der Waals surface area contributed by atoms with Crippen molar-refractivity contribution in [3.8, 4) is 0 Å². The number of nitrogens with two attached hydrogens (primary N) is 1. The van der Waals surface area contributed by atoms with Crippen LogP contribution in [0.15, 0.2) is 0 Å². The molecule has 284 valence electrons. The van der Waals surface area contributed by atoms with Crippen LogP contribution in [-0.4, -0.2) is 36.9 Å². The van der Waals surface area contributed by atoms with E-state index in [-0.39, 0.29) is 17.8 Å². The number of amides is 2. The van der Waals surface area contributed by atoms with Crippen molar-refractivity contribution in [2.75, 3.05) is 13.1 Å². The molecule has 0 aromatic rings. The zero-order chi connectivity index (χ0) is 35.2. The molecule has 0 aromatic heterocycles. The fourth-order valence-corrected chi connectivity index (χ4v) is 6.55. The lowest BCUT2D eigenvalue weighted by molar-refractivity contribution is -0.129. The molecule has 1 atom stereocenters. The van der Waals surface area contributed by atoms with E-state index in [0.29, 0.717) is 25.9 Å². The van der Waals surface area contributed by atoms with Crippen LogP contribution in [0.5, 0.6) is 0 Å². The minimum Gasteiger partial charge on any atom is -0.370 e. The zero-order valence-electron chi connectivity index (χ0n) is 32.2. The SMILES string of the molecule is CCCCCCCCCCCCCCCCCCNC(=O)C(CCNC(=N)N)NC(=O)CCCCCCCCCCCCCCCCC. The summed E-state index contributed by atoms with van der Waals surface area (Å²) in [6.07, 6.45) is 41.6. The molecule has 0 spiro atoms. The standard InChI is InChI=1S/C41H83N5O2/c1-3-5-7-9-11-13-15-17-19-21-23-25-27-29-31-33-36-44-40(48)38(35-37-45-41(42)43)46-39(47)34-32-30-28-26-24-22-20-18-16-14-12-10-8-6-4-2/h38H,3-37H2,1-2H3,(H,44,48)(H,46,47)(H4,42,43,45). The van der Waals surface area contributed by atoms with E-state index >= 15 is 0 Å². The number of nitrogens with one attached hydrogen (secondary N) is 4. The van der Waals surface area contributed by atoms with E-state index in [1.54, 1.807) is 0 Å². The molecule has 2 amide bonds. The van der Waals surface area contributed by atoms with Crippen LogP contribution in [0.1, 0.15) is 226 Å². The van der Waals surface area contributed by atoms with E-state index in [1.165, 1.54) is 173 Å². The van der Waals surface area contributed by atoms with E-state index < -0.39 is 6.04 Å². The predicted molar refractivity (Wildman–Crippen MR) is 209 cm³/mol. The highest BCUT2D eigenvalue weighted by Crippen LogP contribution is 2.15. The van der Waals surface area contributed by atoms with E-state index in [9.17, 15) is 9.59 Å². The summed E-state index contributed by atoms with van der Waals surface area (Å²) < 4.78 is 0. The van der Waals surface area contributed by atoms with Gasteiger partial charge in [-0.25, -0.2) is 0 Å². The average molecular weight is 678 g/mol. The summed E-state index contributed by atoms with van der Waals surface area (Å²) in [5.41, 5.74) is 5.42. The molecular weight excluding hydrogens is 594 g/mol. The maximum atomic E-state index is 12.9. The van der Waals surface area contributed by atoms with Gasteiger partial charge in [-0.1, -0.05) is 200 Å². The Labute approximate surface area is 298 Å². The second-order valence-corrected chi connectivity index (χ2v) is 14.5. The van der Waals surface area contributed by atoms with Crippen LogP contribution in [0.3, 0.4) is 0 Å². The van der Waals surface area contributed by atoms with Gasteiger partial charge in [-0.15, -0.1) is 0 Å². The van der Waals surface area contributed by atoms with Crippen LogP contribution >= 0.6 is 0 Å². The topological polar surface area (TPSA) is 120 Å². The maximum absolute atomic E-state index is 12.9. The molecule has 1 unspecified atom stereocenters. The zero-order valence-corrected chi connectivity index (χ0v) is 32.2. The second-order valence-electron chi connectivity index (χ2n) is 14.5. The summed E-state index contributed by atoms with van der Waals surface area (Å²) in [6.45, 7) is 5.58. The molecule has 0 fully saturated rings. The van der Waals surface area contributed by atoms with E-state index in [1.807, 2.05) is 0 Å². The van der Waals surface area contributed by atoms with Crippen molar-refractivity contribution in [3.63, 3.8) is 0 Å². The summed E-state index contributed by atoms with van der Waals surface area (Å²) >= 11 is 0. The minimum absolute atomic E-state index is 0.0601. The third-order valence-electron chi connectivity index (χ3n) is 9.74. The molecule has 0 aliphatic carbocycles. The summed E-state index contributed by atoms with van der Waals surface area (Å²) in [7, 11) is 0. The van der Waals surface area contributed by atoms with Crippen LogP contribution in [0.2, 0.25) is 0 Å². The molecule has 0 heterocycles. The molecule has 0 aliphatic heterocycles. The lowest BCUT2D eigenvalue weighted by Gasteiger charge is -2.19. The van der Waals surface area contributed by atoms with Gasteiger partial charge in [-0.2, -0.15) is 0 Å². The van der Waals surface area contributed by atoms with Crippen molar-refractivity contribution < 1.29 is 9.59 Å². The van der Waals surface area contributed by atoms with E-state index in [4.69, 9.17) is 11.1 Å². The van der Waals surface area contributed by atoms with Gasteiger partial charge in [0.1, 0.15) is 6.04 Å². The van der Waals surface area contributed by atoms with Gasteiger partial charge in [0.05, 0.1) is 0 Å². The highest BCUT2D eigenvalue weighted by molar-refractivity contribution is 5.87. The van der Waals surface area contributed by atoms with Crippen LogP contribution in [0.4, 0.5) is 0 Å². The molecule has 0 saturated carbocycles. The number of carbonyl (C=O) groups excluding carboxylic acids is 2. The molecule has 0 saturated heterocycles. The normalized spacial score (nSPS) is 11.8. The molecule has 0 aromatic carbocycles. The van der Waals surface area contributed by atoms with Crippen LogP contribution < -0.4 is 21.7 Å². The number of guanidine groups is 1. The third-order valence-corrected chi connectivity index (χ3v) is 9.74. The smallest absolute Gasteiger partial charge is 0.242 e. The second kappa shape index (κ2) is 38.0. The van der Waals surface area contributed by atoms with Crippen molar-refractivity contribution in [1.82, 2.24) is 16.0 Å². The van der Waals surface area contributed by atoms with Crippen LogP contribution in [0, 0.1) is 5.41 Å². The molecule has 0 rings (SSSR count). The molecular formula is C41H83N5O2. The van der Waals surface area contributed by atoms with Gasteiger partial charge in [-0.3, -0.25) is 15.0 Å². The van der Waals surface area contributed by atoms with E-state index in [2.05, 4.69) is 29.8 Å². The van der Waals surface area contributed by atoms with Gasteiger partial charge < -0.3 is 21.7 Å². The number of unbranched alkanes of at least 4 members (excludes halogenated alkanes) is 29. The van der Waals surface area contributed by atoms with Gasteiger partial charge in [0.15, 0.2) is 5.96 Å². The van der Waals surface area contributed by atoms with Gasteiger partial charge in [0, 0.05) is 19.5 Å². The number of hydrogen-bond acceptors (Lipinski definition) is 3. The van der Waals surface area contributed by atoms with Crippen molar-refractivity contribution in [2.24, 2.45) is 5.73 Å². The monoisotopic (exact) mass is 678 g/mol. The average Bonchev–Trinajstić information content (AvgIpc) is 3.07. The lowest BCUT2D eigenvalue weighted by atomic mass is 10.0. The Morgan fingerprint density at radius 1 is 0.479 bits per heavy atom. The lowest BCUT2D eigenvalue weighted by Crippen LogP contribution is -2.48. The fourth-order valence-electron chi connectivity index (χ4n) is 6.55. The van der Waals surface area contributed by atoms with Crippen molar-refractivity contribution in [3.05, 3.63) is 0 Å². The first kappa shape index (κ1) is 46.2. The largest absolute Gasteiger partial charge is 0.370 e. The fraction of sp³-hybridized carbons (Fsp3) is 0.927. The van der Waals surface area contributed by atoms with E-state index in [0.717, 1.165) is 25.7 Å². The molecule has 7 nitrogen and oxygen atoms in total. The number of rotatable bonds is 38. The molecule has 48 heavy (non-hydrogen) atoms. The summed E-state index contributed by atoms with van der Waals surface area (Å²) in [5.74, 6) is -0.312. The number of hydrogen-bond donors (Lipinski definition) is 5. The summed E-state index contributed by atoms with van der Waals surface area (Å²) in [6, 6.07) is -0.596. The molecule has 7 heteroatoms. The van der Waals surface area contributed by atoms with Crippen molar-refractivity contribution in [2.45, 2.75) is 232 Å². The highest BCUT2D eigenvalue weighted by atomic mass is 16.2. The first-order valence-corrected chi connectivity index (χ1v) is 21.2. The molecule has 0 aliphatic rings. The van der Waals surface area contributed by atoms with Gasteiger partial charge in [0.25, 0.3) is 0 Å².